The van der Waals surface area contributed by atoms with E-state index in [1.165, 1.54) is 25.1 Å². The summed E-state index contributed by atoms with van der Waals surface area (Å²) in [5, 5.41) is 0. The molecule has 3 nitrogen and oxygen atoms in total. The molecule has 0 bridgehead atoms. The summed E-state index contributed by atoms with van der Waals surface area (Å²) in [6.07, 6.45) is 1.35. The van der Waals surface area contributed by atoms with E-state index in [-0.39, 0.29) is 0 Å². The maximum absolute atomic E-state index is 5.43. The zero-order valence-corrected chi connectivity index (χ0v) is 10.5. The van der Waals surface area contributed by atoms with Crippen molar-refractivity contribution in [2.45, 2.75) is 32.2 Å². The van der Waals surface area contributed by atoms with Crippen LogP contribution < -0.4 is 9.47 Å². The maximum Gasteiger partial charge on any atom is 0.231 e. The average Bonchev–Trinajstić information content (AvgIpc) is 2.72. The first-order valence-electron chi connectivity index (χ1n) is 6.39. The summed E-state index contributed by atoms with van der Waals surface area (Å²) in [6.45, 7) is 7.45. The van der Waals surface area contributed by atoms with E-state index in [0.717, 1.165) is 11.5 Å². The van der Waals surface area contributed by atoms with Crippen LogP contribution in [0, 0.1) is 0 Å². The molecular formula is C14H19NO2. The largest absolute Gasteiger partial charge is 0.454 e. The van der Waals surface area contributed by atoms with Crippen LogP contribution in [-0.4, -0.2) is 30.8 Å². The van der Waals surface area contributed by atoms with Crippen LogP contribution in [0.2, 0.25) is 0 Å². The van der Waals surface area contributed by atoms with Crippen LogP contribution in [-0.2, 0) is 0 Å². The first-order chi connectivity index (χ1) is 8.25. The van der Waals surface area contributed by atoms with Crippen LogP contribution in [0.5, 0.6) is 11.5 Å². The molecule has 1 fully saturated rings. The van der Waals surface area contributed by atoms with E-state index in [1.54, 1.807) is 0 Å². The fraction of sp³-hybridized carbons (Fsp3) is 0.571. The van der Waals surface area contributed by atoms with Crippen molar-refractivity contribution < 1.29 is 9.47 Å². The third kappa shape index (κ3) is 1.89. The van der Waals surface area contributed by atoms with Gasteiger partial charge in [-0.15, -0.1) is 0 Å². The second-order valence-corrected chi connectivity index (χ2v) is 5.03. The van der Waals surface area contributed by atoms with E-state index in [1.807, 2.05) is 6.07 Å². The van der Waals surface area contributed by atoms with Crippen molar-refractivity contribution >= 4 is 0 Å². The lowest BCUT2D eigenvalue weighted by Crippen LogP contribution is -2.45. The van der Waals surface area contributed by atoms with Gasteiger partial charge in [0.25, 0.3) is 0 Å². The van der Waals surface area contributed by atoms with Crippen molar-refractivity contribution in [2.24, 2.45) is 0 Å². The molecule has 0 aliphatic carbocycles. The van der Waals surface area contributed by atoms with E-state index < -0.39 is 0 Å². The molecule has 17 heavy (non-hydrogen) atoms. The van der Waals surface area contributed by atoms with Crippen molar-refractivity contribution in [1.82, 2.24) is 4.90 Å². The fourth-order valence-corrected chi connectivity index (χ4v) is 2.54. The number of hydrogen-bond donors (Lipinski definition) is 0. The van der Waals surface area contributed by atoms with Gasteiger partial charge in [0.2, 0.25) is 6.79 Å². The van der Waals surface area contributed by atoms with Gasteiger partial charge in [0.1, 0.15) is 0 Å². The number of ether oxygens (including phenoxy) is 2. The average molecular weight is 233 g/mol. The summed E-state index contributed by atoms with van der Waals surface area (Å²) in [4.78, 5) is 2.54. The molecule has 0 radical (unpaired) electrons. The molecule has 92 valence electrons. The molecule has 0 spiro atoms. The first-order valence-corrected chi connectivity index (χ1v) is 6.39. The van der Waals surface area contributed by atoms with Crippen LogP contribution in [0.15, 0.2) is 18.2 Å². The third-order valence-electron chi connectivity index (χ3n) is 4.11. The lowest BCUT2D eigenvalue weighted by Gasteiger charge is -2.39. The molecule has 3 heteroatoms. The van der Waals surface area contributed by atoms with Gasteiger partial charge >= 0.3 is 0 Å². The smallest absolute Gasteiger partial charge is 0.231 e. The summed E-state index contributed by atoms with van der Waals surface area (Å²) in [6, 6.07) is 6.92. The Morgan fingerprint density at radius 3 is 2.59 bits per heavy atom. The van der Waals surface area contributed by atoms with Crippen LogP contribution in [0.25, 0.3) is 0 Å². The normalized spacial score (nSPS) is 22.0. The Balaban J connectivity index is 1.78. The molecule has 2 aliphatic heterocycles. The Kier molecular flexibility index (Phi) is 2.71. The van der Waals surface area contributed by atoms with Gasteiger partial charge in [0.05, 0.1) is 0 Å². The molecule has 0 N–H and O–H groups in total. The number of fused-ring (bicyclic) bond motifs is 1. The molecule has 0 saturated carbocycles. The highest BCUT2D eigenvalue weighted by molar-refractivity contribution is 5.45. The van der Waals surface area contributed by atoms with E-state index in [9.17, 15) is 0 Å². The van der Waals surface area contributed by atoms with Gasteiger partial charge in [-0.1, -0.05) is 13.0 Å². The van der Waals surface area contributed by atoms with E-state index >= 15 is 0 Å². The SMILES string of the molecule is CC(c1ccc2c(c1)OCO2)C(C)N1CCC1. The molecule has 0 aromatic heterocycles. The zero-order valence-electron chi connectivity index (χ0n) is 10.5. The van der Waals surface area contributed by atoms with Gasteiger partial charge in [0, 0.05) is 6.04 Å². The molecule has 1 aromatic rings. The zero-order chi connectivity index (χ0) is 11.8. The highest BCUT2D eigenvalue weighted by Gasteiger charge is 2.26. The second kappa shape index (κ2) is 4.22. The molecule has 0 amide bonds. The topological polar surface area (TPSA) is 21.7 Å². The fourth-order valence-electron chi connectivity index (χ4n) is 2.54. The monoisotopic (exact) mass is 233 g/mol. The molecule has 2 heterocycles. The highest BCUT2D eigenvalue weighted by atomic mass is 16.7. The van der Waals surface area contributed by atoms with E-state index in [4.69, 9.17) is 9.47 Å². The van der Waals surface area contributed by atoms with Crippen LogP contribution in [0.4, 0.5) is 0 Å². The third-order valence-corrected chi connectivity index (χ3v) is 4.11. The Morgan fingerprint density at radius 1 is 1.12 bits per heavy atom. The van der Waals surface area contributed by atoms with Crippen molar-refractivity contribution in [3.8, 4) is 11.5 Å². The molecular weight excluding hydrogens is 214 g/mol. The quantitative estimate of drug-likeness (QED) is 0.801. The van der Waals surface area contributed by atoms with E-state index in [0.29, 0.717) is 18.8 Å². The van der Waals surface area contributed by atoms with Gasteiger partial charge in [-0.05, 0) is 50.0 Å². The molecule has 3 rings (SSSR count). The Labute approximate surface area is 102 Å². The van der Waals surface area contributed by atoms with Gasteiger partial charge in [0.15, 0.2) is 11.5 Å². The van der Waals surface area contributed by atoms with Gasteiger partial charge < -0.3 is 9.47 Å². The number of nitrogens with zero attached hydrogens (tertiary/aromatic N) is 1. The minimum Gasteiger partial charge on any atom is -0.454 e. The summed E-state index contributed by atoms with van der Waals surface area (Å²) in [5.41, 5.74) is 1.34. The summed E-state index contributed by atoms with van der Waals surface area (Å²) < 4.78 is 10.8. The van der Waals surface area contributed by atoms with Gasteiger partial charge in [-0.25, -0.2) is 0 Å². The Hall–Kier alpha value is -1.22. The Morgan fingerprint density at radius 2 is 1.88 bits per heavy atom. The number of rotatable bonds is 3. The second-order valence-electron chi connectivity index (χ2n) is 5.03. The van der Waals surface area contributed by atoms with Crippen molar-refractivity contribution in [1.29, 1.82) is 0 Å². The lowest BCUT2D eigenvalue weighted by atomic mass is 9.91. The summed E-state index contributed by atoms with van der Waals surface area (Å²) in [5.74, 6) is 2.30. The predicted octanol–water partition coefficient (Wildman–Crippen LogP) is 2.61. The minimum atomic E-state index is 0.356. The first kappa shape index (κ1) is 10.9. The van der Waals surface area contributed by atoms with E-state index in [2.05, 4.69) is 30.9 Å². The highest BCUT2D eigenvalue weighted by Crippen LogP contribution is 2.36. The maximum atomic E-state index is 5.43. The standard InChI is InChI=1S/C14H19NO2/c1-10(11(2)15-6-3-7-15)12-4-5-13-14(8-12)17-9-16-13/h4-5,8,10-11H,3,6-7,9H2,1-2H3. The summed E-state index contributed by atoms with van der Waals surface area (Å²) >= 11 is 0. The molecule has 1 saturated heterocycles. The number of benzene rings is 1. The predicted molar refractivity (Wildman–Crippen MR) is 66.6 cm³/mol. The van der Waals surface area contributed by atoms with Gasteiger partial charge in [-0.3, -0.25) is 4.90 Å². The molecule has 2 aliphatic rings. The van der Waals surface area contributed by atoms with Crippen LogP contribution >= 0.6 is 0 Å². The molecule has 2 atom stereocenters. The molecule has 1 aromatic carbocycles. The number of likely N-dealkylation sites (tertiary alicyclic amines) is 1. The van der Waals surface area contributed by atoms with Crippen molar-refractivity contribution in [3.05, 3.63) is 23.8 Å². The van der Waals surface area contributed by atoms with Crippen molar-refractivity contribution in [2.75, 3.05) is 19.9 Å². The van der Waals surface area contributed by atoms with Gasteiger partial charge in [-0.2, -0.15) is 0 Å². The number of hydrogen-bond acceptors (Lipinski definition) is 3. The minimum absolute atomic E-state index is 0.356. The van der Waals surface area contributed by atoms with Crippen molar-refractivity contribution in [3.63, 3.8) is 0 Å². The van der Waals surface area contributed by atoms with Crippen LogP contribution in [0.3, 0.4) is 0 Å². The molecule has 2 unspecified atom stereocenters. The lowest BCUT2D eigenvalue weighted by molar-refractivity contribution is 0.113. The Bertz CT molecular complexity index is 415. The summed E-state index contributed by atoms with van der Waals surface area (Å²) in [7, 11) is 0. The van der Waals surface area contributed by atoms with Crippen LogP contribution in [0.1, 0.15) is 31.7 Å².